The molecule has 4 nitrogen and oxygen atoms in total. The van der Waals surface area contributed by atoms with E-state index in [9.17, 15) is 4.79 Å². The third-order valence-corrected chi connectivity index (χ3v) is 2.16. The number of carbonyl (C=O) groups excluding carboxylic acids is 1. The lowest BCUT2D eigenvalue weighted by atomic mass is 10.2. The Labute approximate surface area is 98.9 Å². The summed E-state index contributed by atoms with van der Waals surface area (Å²) in [6.45, 7) is 4.56. The molecule has 4 heteroatoms. The molecule has 0 aliphatic heterocycles. The van der Waals surface area contributed by atoms with Crippen molar-refractivity contribution in [3.05, 3.63) is 0 Å². The number of rotatable bonds is 10. The topological polar surface area (TPSA) is 38.8 Å². The van der Waals surface area contributed by atoms with Gasteiger partial charge < -0.3 is 14.4 Å². The minimum atomic E-state index is -0.107. The Morgan fingerprint density at radius 3 is 2.50 bits per heavy atom. The lowest BCUT2D eigenvalue weighted by molar-refractivity contribution is -0.145. The van der Waals surface area contributed by atoms with Crippen LogP contribution in [0.15, 0.2) is 0 Å². The quantitative estimate of drug-likeness (QED) is 0.423. The van der Waals surface area contributed by atoms with Crippen LogP contribution in [0.25, 0.3) is 0 Å². The second-order valence-corrected chi connectivity index (χ2v) is 4.09. The highest BCUT2D eigenvalue weighted by molar-refractivity contribution is 5.69. The van der Waals surface area contributed by atoms with Crippen molar-refractivity contribution in [2.24, 2.45) is 0 Å². The van der Waals surface area contributed by atoms with Crippen molar-refractivity contribution in [2.45, 2.75) is 32.6 Å². The number of nitrogens with zero attached hydrogens (tertiary/aromatic N) is 1. The van der Waals surface area contributed by atoms with Crippen molar-refractivity contribution in [3.63, 3.8) is 0 Å². The Morgan fingerprint density at radius 1 is 1.12 bits per heavy atom. The molecule has 0 atom stereocenters. The van der Waals surface area contributed by atoms with Crippen LogP contribution in [0.1, 0.15) is 32.6 Å². The van der Waals surface area contributed by atoms with E-state index in [0.717, 1.165) is 25.8 Å². The van der Waals surface area contributed by atoms with Crippen molar-refractivity contribution in [3.8, 4) is 0 Å². The maximum Gasteiger partial charge on any atom is 0.305 e. The largest absolute Gasteiger partial charge is 0.463 e. The molecule has 96 valence electrons. The second-order valence-electron chi connectivity index (χ2n) is 4.09. The van der Waals surface area contributed by atoms with Gasteiger partial charge in [0.25, 0.3) is 0 Å². The van der Waals surface area contributed by atoms with Crippen molar-refractivity contribution >= 4 is 5.97 Å². The maximum absolute atomic E-state index is 11.2. The fourth-order valence-electron chi connectivity index (χ4n) is 1.16. The van der Waals surface area contributed by atoms with Crippen LogP contribution in [0.2, 0.25) is 0 Å². The molecule has 0 aromatic heterocycles. The highest BCUT2D eigenvalue weighted by atomic mass is 16.6. The predicted molar refractivity (Wildman–Crippen MR) is 64.5 cm³/mol. The standard InChI is InChI=1S/C12H25NO3/c1-4-5-6-7-12(14)16-11-10-15-9-8-13(2)3/h4-11H2,1-3H3. The zero-order valence-electron chi connectivity index (χ0n) is 10.8. The Bertz CT molecular complexity index is 172. The summed E-state index contributed by atoms with van der Waals surface area (Å²) in [6, 6.07) is 0. The van der Waals surface area contributed by atoms with Crippen LogP contribution in [0.5, 0.6) is 0 Å². The monoisotopic (exact) mass is 231 g/mol. The van der Waals surface area contributed by atoms with Gasteiger partial charge in [0.15, 0.2) is 0 Å². The maximum atomic E-state index is 11.2. The minimum absolute atomic E-state index is 0.107. The molecule has 0 saturated carbocycles. The summed E-state index contributed by atoms with van der Waals surface area (Å²) in [5.41, 5.74) is 0. The molecular formula is C12H25NO3. The van der Waals surface area contributed by atoms with Gasteiger partial charge in [0.2, 0.25) is 0 Å². The van der Waals surface area contributed by atoms with Crippen molar-refractivity contribution in [1.29, 1.82) is 0 Å². The van der Waals surface area contributed by atoms with Gasteiger partial charge in [0.1, 0.15) is 6.61 Å². The van der Waals surface area contributed by atoms with Gasteiger partial charge in [-0.3, -0.25) is 4.79 Å². The van der Waals surface area contributed by atoms with Gasteiger partial charge >= 0.3 is 5.97 Å². The lowest BCUT2D eigenvalue weighted by Crippen LogP contribution is -2.19. The van der Waals surface area contributed by atoms with Gasteiger partial charge in [-0.2, -0.15) is 0 Å². The summed E-state index contributed by atoms with van der Waals surface area (Å²) in [6.07, 6.45) is 3.68. The number of ether oxygens (including phenoxy) is 2. The predicted octanol–water partition coefficient (Wildman–Crippen LogP) is 1.69. The van der Waals surface area contributed by atoms with Gasteiger partial charge in [-0.1, -0.05) is 19.8 Å². The normalized spacial score (nSPS) is 10.8. The number of hydrogen-bond donors (Lipinski definition) is 0. The van der Waals surface area contributed by atoms with Crippen molar-refractivity contribution in [1.82, 2.24) is 4.90 Å². The van der Waals surface area contributed by atoms with E-state index in [4.69, 9.17) is 9.47 Å². The van der Waals surface area contributed by atoms with E-state index >= 15 is 0 Å². The highest BCUT2D eigenvalue weighted by Crippen LogP contribution is 2.00. The molecule has 0 aliphatic carbocycles. The molecule has 0 unspecified atom stereocenters. The van der Waals surface area contributed by atoms with Crippen LogP contribution in [0.4, 0.5) is 0 Å². The van der Waals surface area contributed by atoms with Gasteiger partial charge in [-0.25, -0.2) is 0 Å². The number of carbonyl (C=O) groups is 1. The van der Waals surface area contributed by atoms with E-state index in [0.29, 0.717) is 26.2 Å². The Balaban J connectivity index is 3.15. The van der Waals surface area contributed by atoms with E-state index in [1.165, 1.54) is 0 Å². The first kappa shape index (κ1) is 15.4. The molecule has 0 aromatic rings. The summed E-state index contributed by atoms with van der Waals surface area (Å²) in [4.78, 5) is 13.2. The summed E-state index contributed by atoms with van der Waals surface area (Å²) < 4.78 is 10.3. The summed E-state index contributed by atoms with van der Waals surface area (Å²) in [5, 5.41) is 0. The van der Waals surface area contributed by atoms with E-state index in [2.05, 4.69) is 11.8 Å². The van der Waals surface area contributed by atoms with Gasteiger partial charge in [-0.05, 0) is 20.5 Å². The molecular weight excluding hydrogens is 206 g/mol. The zero-order valence-corrected chi connectivity index (χ0v) is 10.8. The minimum Gasteiger partial charge on any atom is -0.463 e. The molecule has 0 fully saturated rings. The van der Waals surface area contributed by atoms with Crippen LogP contribution < -0.4 is 0 Å². The van der Waals surface area contributed by atoms with Gasteiger partial charge in [0, 0.05) is 13.0 Å². The number of unbranched alkanes of at least 4 members (excludes halogenated alkanes) is 2. The third-order valence-electron chi connectivity index (χ3n) is 2.16. The van der Waals surface area contributed by atoms with Gasteiger partial charge in [0.05, 0.1) is 13.2 Å². The first-order chi connectivity index (χ1) is 7.66. The van der Waals surface area contributed by atoms with Crippen molar-refractivity contribution in [2.75, 3.05) is 40.5 Å². The summed E-state index contributed by atoms with van der Waals surface area (Å²) >= 11 is 0. The number of esters is 1. The average Bonchev–Trinajstić information content (AvgIpc) is 2.23. The van der Waals surface area contributed by atoms with E-state index in [-0.39, 0.29) is 5.97 Å². The highest BCUT2D eigenvalue weighted by Gasteiger charge is 2.01. The molecule has 0 heterocycles. The molecule has 0 N–H and O–H groups in total. The molecule has 16 heavy (non-hydrogen) atoms. The van der Waals surface area contributed by atoms with Crippen LogP contribution in [-0.4, -0.2) is 51.3 Å². The SMILES string of the molecule is CCCCCC(=O)OCCOCCN(C)C. The molecule has 0 aliphatic rings. The molecule has 0 spiro atoms. The molecule has 0 aromatic carbocycles. The first-order valence-corrected chi connectivity index (χ1v) is 6.05. The Kier molecular flexibility index (Phi) is 10.5. The smallest absolute Gasteiger partial charge is 0.305 e. The molecule has 0 amide bonds. The fourth-order valence-corrected chi connectivity index (χ4v) is 1.16. The van der Waals surface area contributed by atoms with Crippen LogP contribution >= 0.6 is 0 Å². The fraction of sp³-hybridized carbons (Fsp3) is 0.917. The van der Waals surface area contributed by atoms with Crippen LogP contribution in [0, 0.1) is 0 Å². The Morgan fingerprint density at radius 2 is 1.88 bits per heavy atom. The average molecular weight is 231 g/mol. The molecule has 0 rings (SSSR count). The van der Waals surface area contributed by atoms with Crippen molar-refractivity contribution < 1.29 is 14.3 Å². The molecule has 0 radical (unpaired) electrons. The van der Waals surface area contributed by atoms with E-state index in [1.54, 1.807) is 0 Å². The number of likely N-dealkylation sites (N-methyl/N-ethyl adjacent to an activating group) is 1. The lowest BCUT2D eigenvalue weighted by Gasteiger charge is -2.10. The molecule has 0 bridgehead atoms. The van der Waals surface area contributed by atoms with Gasteiger partial charge in [-0.15, -0.1) is 0 Å². The van der Waals surface area contributed by atoms with Crippen LogP contribution in [0.3, 0.4) is 0 Å². The van der Waals surface area contributed by atoms with E-state index < -0.39 is 0 Å². The van der Waals surface area contributed by atoms with E-state index in [1.807, 2.05) is 14.1 Å². The summed E-state index contributed by atoms with van der Waals surface area (Å²) in [7, 11) is 3.99. The zero-order chi connectivity index (χ0) is 12.2. The summed E-state index contributed by atoms with van der Waals surface area (Å²) in [5.74, 6) is -0.107. The van der Waals surface area contributed by atoms with Crippen LogP contribution in [-0.2, 0) is 14.3 Å². The number of hydrogen-bond acceptors (Lipinski definition) is 4. The second kappa shape index (κ2) is 10.9. The Hall–Kier alpha value is -0.610. The molecule has 0 saturated heterocycles. The first-order valence-electron chi connectivity index (χ1n) is 6.05. The third kappa shape index (κ3) is 11.5.